The molecule has 2 aliphatic rings. The molecule has 4 nitrogen and oxygen atoms in total. The van der Waals surface area contributed by atoms with Crippen LogP contribution in [0.25, 0.3) is 5.70 Å². The Labute approximate surface area is 158 Å². The Morgan fingerprint density at radius 2 is 1.63 bits per heavy atom. The summed E-state index contributed by atoms with van der Waals surface area (Å²) in [5.41, 5.74) is 8.07. The van der Waals surface area contributed by atoms with Crippen LogP contribution in [-0.4, -0.2) is 12.1 Å². The summed E-state index contributed by atoms with van der Waals surface area (Å²) in [6.07, 6.45) is 2.04. The highest BCUT2D eigenvalue weighted by Crippen LogP contribution is 2.45. The number of hydrazine groups is 1. The molecular weight excluding hydrogens is 336 g/mol. The van der Waals surface area contributed by atoms with Crippen molar-refractivity contribution in [1.29, 1.82) is 0 Å². The van der Waals surface area contributed by atoms with Gasteiger partial charge in [-0.05, 0) is 29.8 Å². The fourth-order valence-corrected chi connectivity index (χ4v) is 3.71. The van der Waals surface area contributed by atoms with Gasteiger partial charge in [0.1, 0.15) is 11.5 Å². The van der Waals surface area contributed by atoms with E-state index >= 15 is 0 Å². The average Bonchev–Trinajstić information content (AvgIpc) is 3.20. The van der Waals surface area contributed by atoms with E-state index in [-0.39, 0.29) is 12.3 Å². The molecule has 0 unspecified atom stereocenters. The lowest BCUT2D eigenvalue weighted by molar-refractivity contribution is -0.0326. The quantitative estimate of drug-likeness (QED) is 0.738. The van der Waals surface area contributed by atoms with Crippen LogP contribution in [0.15, 0.2) is 84.9 Å². The van der Waals surface area contributed by atoms with Crippen molar-refractivity contribution in [3.05, 3.63) is 102 Å². The normalized spacial score (nSPS) is 20.7. The van der Waals surface area contributed by atoms with E-state index < -0.39 is 0 Å². The van der Waals surface area contributed by atoms with E-state index in [2.05, 4.69) is 65.0 Å². The van der Waals surface area contributed by atoms with Gasteiger partial charge in [0.25, 0.3) is 0 Å². The number of hydrogen-bond acceptors (Lipinski definition) is 4. The van der Waals surface area contributed by atoms with Crippen molar-refractivity contribution >= 4 is 5.70 Å². The number of rotatable bonds is 3. The van der Waals surface area contributed by atoms with Gasteiger partial charge in [0.15, 0.2) is 6.23 Å². The van der Waals surface area contributed by atoms with Gasteiger partial charge in [0.05, 0.1) is 18.8 Å². The predicted octanol–water partition coefficient (Wildman–Crippen LogP) is 4.69. The number of fused-ring (bicyclic) bond motifs is 3. The molecule has 0 aliphatic carbocycles. The molecule has 0 radical (unpaired) electrons. The standard InChI is InChI=1S/C23H20N2O2/c1-26-18-13-11-17(12-14-18)23-25-21(19-9-5-6-10-22(19)27-23)15-20(24-25)16-7-3-2-4-8-16/h2-15,21,23-24H,1H3/t21-,23+/m1/s1. The molecule has 4 heteroatoms. The molecule has 0 fully saturated rings. The zero-order valence-corrected chi connectivity index (χ0v) is 15.0. The van der Waals surface area contributed by atoms with Crippen molar-refractivity contribution < 1.29 is 9.47 Å². The number of ether oxygens (including phenoxy) is 2. The van der Waals surface area contributed by atoms with Gasteiger partial charge in [-0.25, -0.2) is 0 Å². The van der Waals surface area contributed by atoms with E-state index in [1.54, 1.807) is 7.11 Å². The first-order valence-corrected chi connectivity index (χ1v) is 9.05. The van der Waals surface area contributed by atoms with Gasteiger partial charge in [0.2, 0.25) is 0 Å². The maximum absolute atomic E-state index is 6.38. The predicted molar refractivity (Wildman–Crippen MR) is 105 cm³/mol. The lowest BCUT2D eigenvalue weighted by atomic mass is 10.0. The molecule has 0 spiro atoms. The minimum atomic E-state index is -0.228. The summed E-state index contributed by atoms with van der Waals surface area (Å²) in [6.45, 7) is 0. The maximum atomic E-state index is 6.38. The molecule has 2 aliphatic heterocycles. The van der Waals surface area contributed by atoms with Crippen molar-refractivity contribution in [2.45, 2.75) is 12.3 Å². The van der Waals surface area contributed by atoms with Crippen molar-refractivity contribution in [3.8, 4) is 11.5 Å². The largest absolute Gasteiger partial charge is 0.497 e. The molecule has 0 bridgehead atoms. The first-order valence-electron chi connectivity index (χ1n) is 9.05. The van der Waals surface area contributed by atoms with Crippen LogP contribution in [-0.2, 0) is 0 Å². The maximum Gasteiger partial charge on any atom is 0.195 e. The van der Waals surface area contributed by atoms with Crippen molar-refractivity contribution in [2.24, 2.45) is 0 Å². The summed E-state index contributed by atoms with van der Waals surface area (Å²) in [4.78, 5) is 0. The molecule has 1 N–H and O–H groups in total. The lowest BCUT2D eigenvalue weighted by Crippen LogP contribution is -2.43. The Bertz CT molecular complexity index is 983. The zero-order chi connectivity index (χ0) is 18.2. The number of benzene rings is 3. The second-order valence-electron chi connectivity index (χ2n) is 6.69. The topological polar surface area (TPSA) is 33.7 Å². The van der Waals surface area contributed by atoms with E-state index in [0.717, 1.165) is 28.3 Å². The summed E-state index contributed by atoms with van der Waals surface area (Å²) >= 11 is 0. The summed E-state index contributed by atoms with van der Waals surface area (Å²) < 4.78 is 11.7. The Morgan fingerprint density at radius 3 is 2.41 bits per heavy atom. The third-order valence-corrected chi connectivity index (χ3v) is 5.09. The van der Waals surface area contributed by atoms with Gasteiger partial charge >= 0.3 is 0 Å². The van der Waals surface area contributed by atoms with Gasteiger partial charge in [-0.1, -0.05) is 60.7 Å². The molecule has 0 aromatic heterocycles. The molecular formula is C23H20N2O2. The third kappa shape index (κ3) is 2.75. The van der Waals surface area contributed by atoms with E-state index in [1.807, 2.05) is 30.3 Å². The van der Waals surface area contributed by atoms with Crippen LogP contribution in [0.1, 0.15) is 29.0 Å². The average molecular weight is 356 g/mol. The monoisotopic (exact) mass is 356 g/mol. The van der Waals surface area contributed by atoms with Gasteiger partial charge in [0, 0.05) is 11.1 Å². The van der Waals surface area contributed by atoms with Crippen molar-refractivity contribution in [2.75, 3.05) is 7.11 Å². The second-order valence-corrected chi connectivity index (χ2v) is 6.69. The third-order valence-electron chi connectivity index (χ3n) is 5.09. The van der Waals surface area contributed by atoms with Gasteiger partial charge in [-0.2, -0.15) is 5.01 Å². The van der Waals surface area contributed by atoms with Crippen LogP contribution >= 0.6 is 0 Å². The number of nitrogens with one attached hydrogen (secondary N) is 1. The molecule has 134 valence electrons. The number of para-hydroxylation sites is 1. The summed E-state index contributed by atoms with van der Waals surface area (Å²) in [7, 11) is 1.68. The smallest absolute Gasteiger partial charge is 0.195 e. The number of hydrogen-bond donors (Lipinski definition) is 1. The first kappa shape index (κ1) is 16.0. The SMILES string of the molecule is COc1ccc([C@@H]2Oc3ccccc3[C@H]3C=C(c4ccccc4)NN32)cc1. The van der Waals surface area contributed by atoms with Crippen LogP contribution in [0.2, 0.25) is 0 Å². The van der Waals surface area contributed by atoms with Crippen LogP contribution < -0.4 is 14.9 Å². The van der Waals surface area contributed by atoms with Crippen LogP contribution in [0.4, 0.5) is 0 Å². The van der Waals surface area contributed by atoms with E-state index in [4.69, 9.17) is 9.47 Å². The summed E-state index contributed by atoms with van der Waals surface area (Å²) in [5.74, 6) is 1.76. The molecule has 27 heavy (non-hydrogen) atoms. The number of nitrogens with zero attached hydrogens (tertiary/aromatic N) is 1. The first-order chi connectivity index (χ1) is 13.3. The minimum Gasteiger partial charge on any atom is -0.497 e. The Kier molecular flexibility index (Phi) is 3.84. The van der Waals surface area contributed by atoms with Crippen LogP contribution in [0.5, 0.6) is 11.5 Å². The second kappa shape index (κ2) is 6.49. The zero-order valence-electron chi connectivity index (χ0n) is 15.0. The fourth-order valence-electron chi connectivity index (χ4n) is 3.71. The van der Waals surface area contributed by atoms with Crippen LogP contribution in [0, 0.1) is 0 Å². The molecule has 0 saturated carbocycles. The van der Waals surface area contributed by atoms with E-state index in [1.165, 1.54) is 5.56 Å². The Morgan fingerprint density at radius 1 is 0.889 bits per heavy atom. The molecule has 0 amide bonds. The van der Waals surface area contributed by atoms with Crippen molar-refractivity contribution in [3.63, 3.8) is 0 Å². The highest BCUT2D eigenvalue weighted by Gasteiger charge is 2.39. The minimum absolute atomic E-state index is 0.109. The highest BCUT2D eigenvalue weighted by molar-refractivity contribution is 5.67. The fraction of sp³-hybridized carbons (Fsp3) is 0.130. The Balaban J connectivity index is 1.56. The van der Waals surface area contributed by atoms with Crippen LogP contribution in [0.3, 0.4) is 0 Å². The lowest BCUT2D eigenvalue weighted by Gasteiger charge is -2.39. The number of methoxy groups -OCH3 is 1. The van der Waals surface area contributed by atoms with E-state index in [9.17, 15) is 0 Å². The molecule has 3 aromatic carbocycles. The van der Waals surface area contributed by atoms with Gasteiger partial charge < -0.3 is 14.9 Å². The Hall–Kier alpha value is -3.24. The highest BCUT2D eigenvalue weighted by atomic mass is 16.5. The van der Waals surface area contributed by atoms with Crippen molar-refractivity contribution in [1.82, 2.24) is 10.4 Å². The molecule has 2 heterocycles. The molecule has 3 aromatic rings. The molecule has 0 saturated heterocycles. The van der Waals surface area contributed by atoms with Gasteiger partial charge in [-0.3, -0.25) is 0 Å². The van der Waals surface area contributed by atoms with E-state index in [0.29, 0.717) is 0 Å². The summed E-state index contributed by atoms with van der Waals surface area (Å²) in [5, 5.41) is 2.17. The molecule has 5 rings (SSSR count). The molecule has 2 atom stereocenters. The van der Waals surface area contributed by atoms with Gasteiger partial charge in [-0.15, -0.1) is 0 Å². The summed E-state index contributed by atoms with van der Waals surface area (Å²) in [6, 6.07) is 26.8.